The van der Waals surface area contributed by atoms with E-state index in [-0.39, 0.29) is 11.8 Å². The second-order valence-corrected chi connectivity index (χ2v) is 7.50. The van der Waals surface area contributed by atoms with E-state index in [0.29, 0.717) is 24.6 Å². The Balaban J connectivity index is 1.81. The summed E-state index contributed by atoms with van der Waals surface area (Å²) in [5, 5.41) is 0. The minimum Gasteiger partial charge on any atom is -0.369 e. The fourth-order valence-corrected chi connectivity index (χ4v) is 3.93. The monoisotopic (exact) mass is 314 g/mol. The number of aryl methyl sites for hydroxylation is 2. The molecule has 2 aliphatic rings. The average Bonchev–Trinajstić information content (AvgIpc) is 3.29. The van der Waals surface area contributed by atoms with E-state index < -0.39 is 5.41 Å². The molecule has 1 aromatic rings. The number of hydrogen-bond acceptors (Lipinski definition) is 2. The number of nitrogens with zero attached hydrogens (tertiary/aromatic N) is 1. The van der Waals surface area contributed by atoms with Crippen LogP contribution in [0, 0.1) is 25.2 Å². The van der Waals surface area contributed by atoms with E-state index in [9.17, 15) is 9.59 Å². The Morgan fingerprint density at radius 3 is 2.43 bits per heavy atom. The third-order valence-corrected chi connectivity index (χ3v) is 5.23. The number of hydrogen-bond donors (Lipinski definition) is 1. The van der Waals surface area contributed by atoms with Gasteiger partial charge in [-0.05, 0) is 51.2 Å². The molecule has 1 aromatic carbocycles. The number of carbonyl (C=O) groups excluding carboxylic acids is 2. The van der Waals surface area contributed by atoms with Crippen molar-refractivity contribution in [3.63, 3.8) is 0 Å². The van der Waals surface area contributed by atoms with Crippen molar-refractivity contribution in [2.24, 2.45) is 17.1 Å². The molecule has 0 radical (unpaired) electrons. The predicted octanol–water partition coefficient (Wildman–Crippen LogP) is 2.81. The van der Waals surface area contributed by atoms with Gasteiger partial charge in [0.05, 0.1) is 5.41 Å². The highest BCUT2D eigenvalue weighted by Crippen LogP contribution is 2.44. The summed E-state index contributed by atoms with van der Waals surface area (Å²) in [6.45, 7) is 5.19. The number of rotatable bonds is 4. The summed E-state index contributed by atoms with van der Waals surface area (Å²) in [6.07, 6.45) is 4.90. The van der Waals surface area contributed by atoms with Gasteiger partial charge < -0.3 is 10.6 Å². The normalized spacial score (nSPS) is 24.5. The molecule has 2 N–H and O–H groups in total. The van der Waals surface area contributed by atoms with Crippen molar-refractivity contribution in [1.29, 1.82) is 0 Å². The van der Waals surface area contributed by atoms with Gasteiger partial charge in [0.2, 0.25) is 5.91 Å². The largest absolute Gasteiger partial charge is 0.369 e. The Labute approximate surface area is 138 Å². The second-order valence-electron chi connectivity index (χ2n) is 7.50. The second kappa shape index (κ2) is 5.99. The molecule has 1 aliphatic carbocycles. The van der Waals surface area contributed by atoms with Crippen molar-refractivity contribution in [2.75, 3.05) is 13.1 Å². The SMILES string of the molecule is Cc1cc(C)cc(C(=O)N2CCCC(CC3CC3)(C(N)=O)C2)c1. The number of likely N-dealkylation sites (tertiary alicyclic amines) is 1. The Hall–Kier alpha value is -1.84. The number of piperidine rings is 1. The van der Waals surface area contributed by atoms with E-state index in [1.54, 1.807) is 0 Å². The summed E-state index contributed by atoms with van der Waals surface area (Å²) in [4.78, 5) is 26.9. The molecular weight excluding hydrogens is 288 g/mol. The number of benzene rings is 1. The van der Waals surface area contributed by atoms with Gasteiger partial charge in [0.25, 0.3) is 5.91 Å². The Kier molecular flexibility index (Phi) is 4.17. The highest BCUT2D eigenvalue weighted by atomic mass is 16.2. The van der Waals surface area contributed by atoms with Gasteiger partial charge in [0, 0.05) is 18.7 Å². The van der Waals surface area contributed by atoms with Crippen LogP contribution in [0.2, 0.25) is 0 Å². The predicted molar refractivity (Wildman–Crippen MR) is 90.0 cm³/mol. The number of primary amides is 1. The highest BCUT2D eigenvalue weighted by molar-refractivity contribution is 5.95. The van der Waals surface area contributed by atoms with Crippen molar-refractivity contribution < 1.29 is 9.59 Å². The molecule has 3 rings (SSSR count). The molecule has 1 atom stereocenters. The van der Waals surface area contributed by atoms with Gasteiger partial charge in [-0.1, -0.05) is 30.0 Å². The van der Waals surface area contributed by atoms with Crippen LogP contribution in [0.15, 0.2) is 18.2 Å². The van der Waals surface area contributed by atoms with Gasteiger partial charge in [0.15, 0.2) is 0 Å². The van der Waals surface area contributed by atoms with Gasteiger partial charge in [-0.25, -0.2) is 0 Å². The number of carbonyl (C=O) groups is 2. The lowest BCUT2D eigenvalue weighted by Gasteiger charge is -2.41. The number of amides is 2. The zero-order valence-electron chi connectivity index (χ0n) is 14.1. The van der Waals surface area contributed by atoms with E-state index in [0.717, 1.165) is 30.4 Å². The van der Waals surface area contributed by atoms with Crippen molar-refractivity contribution in [1.82, 2.24) is 4.90 Å². The van der Waals surface area contributed by atoms with Crippen LogP contribution in [0.25, 0.3) is 0 Å². The molecule has 124 valence electrons. The zero-order chi connectivity index (χ0) is 16.6. The molecule has 1 saturated carbocycles. The number of nitrogens with two attached hydrogens (primary N) is 1. The molecule has 2 amide bonds. The van der Waals surface area contributed by atoms with Gasteiger partial charge in [-0.15, -0.1) is 0 Å². The van der Waals surface area contributed by atoms with E-state index >= 15 is 0 Å². The molecule has 1 aliphatic heterocycles. The Morgan fingerprint density at radius 1 is 1.22 bits per heavy atom. The van der Waals surface area contributed by atoms with Crippen LogP contribution in [0.5, 0.6) is 0 Å². The molecule has 0 bridgehead atoms. The van der Waals surface area contributed by atoms with Crippen LogP contribution >= 0.6 is 0 Å². The summed E-state index contributed by atoms with van der Waals surface area (Å²) in [5.41, 5.74) is 8.12. The topological polar surface area (TPSA) is 63.4 Å². The van der Waals surface area contributed by atoms with Gasteiger partial charge >= 0.3 is 0 Å². The first kappa shape index (κ1) is 16.0. The average molecular weight is 314 g/mol. The van der Waals surface area contributed by atoms with E-state index in [2.05, 4.69) is 6.07 Å². The molecule has 4 heteroatoms. The van der Waals surface area contributed by atoms with Gasteiger partial charge in [-0.2, -0.15) is 0 Å². The van der Waals surface area contributed by atoms with E-state index in [1.165, 1.54) is 12.8 Å². The van der Waals surface area contributed by atoms with E-state index in [4.69, 9.17) is 5.73 Å². The van der Waals surface area contributed by atoms with Crippen LogP contribution in [0.4, 0.5) is 0 Å². The first-order valence-corrected chi connectivity index (χ1v) is 8.57. The smallest absolute Gasteiger partial charge is 0.253 e. The lowest BCUT2D eigenvalue weighted by molar-refractivity contribution is -0.131. The summed E-state index contributed by atoms with van der Waals surface area (Å²) in [6, 6.07) is 5.92. The summed E-state index contributed by atoms with van der Waals surface area (Å²) >= 11 is 0. The molecule has 23 heavy (non-hydrogen) atoms. The van der Waals surface area contributed by atoms with Gasteiger partial charge in [-0.3, -0.25) is 9.59 Å². The maximum atomic E-state index is 12.9. The van der Waals surface area contributed by atoms with Gasteiger partial charge in [0.1, 0.15) is 0 Å². The van der Waals surface area contributed by atoms with Crippen LogP contribution in [-0.4, -0.2) is 29.8 Å². The lowest BCUT2D eigenvalue weighted by atomic mass is 9.75. The fourth-order valence-electron chi connectivity index (χ4n) is 3.93. The maximum Gasteiger partial charge on any atom is 0.253 e. The Bertz CT molecular complexity index is 616. The molecule has 0 aromatic heterocycles. The van der Waals surface area contributed by atoms with Crippen molar-refractivity contribution >= 4 is 11.8 Å². The molecule has 0 spiro atoms. The van der Waals surface area contributed by atoms with E-state index in [1.807, 2.05) is 30.9 Å². The quantitative estimate of drug-likeness (QED) is 0.929. The Morgan fingerprint density at radius 2 is 1.87 bits per heavy atom. The standard InChI is InChI=1S/C19H26N2O2/c1-13-8-14(2)10-16(9-13)17(22)21-7-3-6-19(12-21,18(20)23)11-15-4-5-15/h8-10,15H,3-7,11-12H2,1-2H3,(H2,20,23). The van der Waals surface area contributed by atoms with Crippen molar-refractivity contribution in [3.05, 3.63) is 34.9 Å². The minimum absolute atomic E-state index is 0.0259. The molecule has 2 fully saturated rings. The third-order valence-electron chi connectivity index (χ3n) is 5.23. The molecule has 1 unspecified atom stereocenters. The summed E-state index contributed by atoms with van der Waals surface area (Å²) in [5.74, 6) is 0.416. The lowest BCUT2D eigenvalue weighted by Crippen LogP contribution is -2.52. The summed E-state index contributed by atoms with van der Waals surface area (Å²) < 4.78 is 0. The maximum absolute atomic E-state index is 12.9. The molecule has 1 heterocycles. The van der Waals surface area contributed by atoms with Crippen molar-refractivity contribution in [2.45, 2.75) is 46.0 Å². The van der Waals surface area contributed by atoms with Crippen LogP contribution < -0.4 is 5.73 Å². The molecule has 4 nitrogen and oxygen atoms in total. The third kappa shape index (κ3) is 3.41. The molecular formula is C19H26N2O2. The van der Waals surface area contributed by atoms with Crippen LogP contribution in [-0.2, 0) is 4.79 Å². The molecule has 1 saturated heterocycles. The first-order chi connectivity index (χ1) is 10.9. The van der Waals surface area contributed by atoms with Crippen molar-refractivity contribution in [3.8, 4) is 0 Å². The first-order valence-electron chi connectivity index (χ1n) is 8.57. The summed E-state index contributed by atoms with van der Waals surface area (Å²) in [7, 11) is 0. The zero-order valence-corrected chi connectivity index (χ0v) is 14.1. The van der Waals surface area contributed by atoms with Crippen LogP contribution in [0.1, 0.15) is 53.6 Å². The van der Waals surface area contributed by atoms with Crippen LogP contribution in [0.3, 0.4) is 0 Å². The highest BCUT2D eigenvalue weighted by Gasteiger charge is 2.45. The fraction of sp³-hybridized carbons (Fsp3) is 0.579. The minimum atomic E-state index is -0.520.